The largest absolute Gasteiger partial charge is 0.479 e. The SMILES string of the molecule is CC(=O)N1CCC[C@H]1C(=O)N1CCC(C(=O)O)(n2ccnc2C)CC1. The van der Waals surface area contributed by atoms with Gasteiger partial charge in [-0.3, -0.25) is 9.59 Å². The van der Waals surface area contributed by atoms with Crippen molar-refractivity contribution in [2.75, 3.05) is 19.6 Å². The number of piperidine rings is 1. The van der Waals surface area contributed by atoms with Crippen LogP contribution in [0.5, 0.6) is 0 Å². The monoisotopic (exact) mass is 348 g/mol. The molecule has 0 unspecified atom stereocenters. The molecule has 1 atom stereocenters. The molecule has 0 bridgehead atoms. The zero-order chi connectivity index (χ0) is 18.2. The molecule has 0 spiro atoms. The Hall–Kier alpha value is -2.38. The van der Waals surface area contributed by atoms with Crippen molar-refractivity contribution in [3.05, 3.63) is 18.2 Å². The fourth-order valence-electron chi connectivity index (χ4n) is 4.10. The second kappa shape index (κ2) is 6.50. The van der Waals surface area contributed by atoms with Crippen molar-refractivity contribution in [1.82, 2.24) is 19.4 Å². The predicted molar refractivity (Wildman–Crippen MR) is 88.8 cm³/mol. The Balaban J connectivity index is 1.74. The van der Waals surface area contributed by atoms with Crippen LogP contribution in [0.2, 0.25) is 0 Å². The van der Waals surface area contributed by atoms with E-state index in [1.807, 2.05) is 0 Å². The van der Waals surface area contributed by atoms with Crippen molar-refractivity contribution in [1.29, 1.82) is 0 Å². The summed E-state index contributed by atoms with van der Waals surface area (Å²) in [5, 5.41) is 9.83. The molecule has 136 valence electrons. The van der Waals surface area contributed by atoms with Gasteiger partial charge in [0, 0.05) is 39.0 Å². The van der Waals surface area contributed by atoms with E-state index in [9.17, 15) is 19.5 Å². The highest BCUT2D eigenvalue weighted by atomic mass is 16.4. The Morgan fingerprint density at radius 3 is 2.44 bits per heavy atom. The van der Waals surface area contributed by atoms with Crippen molar-refractivity contribution in [3.63, 3.8) is 0 Å². The summed E-state index contributed by atoms with van der Waals surface area (Å²) in [7, 11) is 0. The second-order valence-electron chi connectivity index (χ2n) is 6.88. The lowest BCUT2D eigenvalue weighted by molar-refractivity contribution is -0.154. The van der Waals surface area contributed by atoms with Gasteiger partial charge in [-0.25, -0.2) is 9.78 Å². The molecule has 8 nitrogen and oxygen atoms in total. The van der Waals surface area contributed by atoms with E-state index < -0.39 is 17.6 Å². The van der Waals surface area contributed by atoms with Crippen molar-refractivity contribution in [2.24, 2.45) is 0 Å². The molecule has 1 N–H and O–H groups in total. The maximum absolute atomic E-state index is 12.8. The van der Waals surface area contributed by atoms with Crippen LogP contribution in [0.15, 0.2) is 12.4 Å². The quantitative estimate of drug-likeness (QED) is 0.863. The summed E-state index contributed by atoms with van der Waals surface area (Å²) >= 11 is 0. The van der Waals surface area contributed by atoms with Crippen molar-refractivity contribution >= 4 is 17.8 Å². The van der Waals surface area contributed by atoms with Gasteiger partial charge in [0.15, 0.2) is 0 Å². The number of amides is 2. The molecule has 2 aliphatic rings. The summed E-state index contributed by atoms with van der Waals surface area (Å²) in [5.74, 6) is -0.386. The van der Waals surface area contributed by atoms with Crippen LogP contribution in [0, 0.1) is 6.92 Å². The topological polar surface area (TPSA) is 95.7 Å². The predicted octanol–water partition coefficient (Wildman–Crippen LogP) is 0.605. The van der Waals surface area contributed by atoms with E-state index >= 15 is 0 Å². The van der Waals surface area contributed by atoms with Gasteiger partial charge in [-0.2, -0.15) is 0 Å². The summed E-state index contributed by atoms with van der Waals surface area (Å²) in [5.41, 5.74) is -1.06. The number of hydrogen-bond donors (Lipinski definition) is 1. The molecule has 0 aliphatic carbocycles. The Morgan fingerprint density at radius 1 is 1.24 bits per heavy atom. The minimum atomic E-state index is -1.06. The lowest BCUT2D eigenvalue weighted by Gasteiger charge is -2.41. The van der Waals surface area contributed by atoms with E-state index in [0.29, 0.717) is 44.7 Å². The number of carbonyl (C=O) groups is 3. The van der Waals surface area contributed by atoms with Gasteiger partial charge in [0.05, 0.1) is 0 Å². The van der Waals surface area contributed by atoms with Gasteiger partial charge in [0.2, 0.25) is 11.8 Å². The normalized spacial score (nSPS) is 22.9. The molecule has 8 heteroatoms. The van der Waals surface area contributed by atoms with E-state index in [1.54, 1.807) is 33.7 Å². The molecule has 1 aromatic rings. The Kier molecular flexibility index (Phi) is 4.53. The maximum atomic E-state index is 12.8. The molecule has 1 aromatic heterocycles. The number of rotatable bonds is 3. The van der Waals surface area contributed by atoms with Gasteiger partial charge < -0.3 is 19.5 Å². The maximum Gasteiger partial charge on any atom is 0.330 e. The van der Waals surface area contributed by atoms with Crippen LogP contribution in [-0.4, -0.2) is 67.9 Å². The number of imidazole rings is 1. The third-order valence-corrected chi connectivity index (χ3v) is 5.53. The van der Waals surface area contributed by atoms with Crippen LogP contribution >= 0.6 is 0 Å². The highest BCUT2D eigenvalue weighted by Crippen LogP contribution is 2.33. The van der Waals surface area contributed by atoms with E-state index in [1.165, 1.54) is 6.92 Å². The minimum Gasteiger partial charge on any atom is -0.479 e. The molecule has 2 fully saturated rings. The number of nitrogens with zero attached hydrogens (tertiary/aromatic N) is 4. The number of aryl methyl sites for hydroxylation is 1. The van der Waals surface area contributed by atoms with Crippen LogP contribution in [0.25, 0.3) is 0 Å². The fraction of sp³-hybridized carbons (Fsp3) is 0.647. The lowest BCUT2D eigenvalue weighted by atomic mass is 9.86. The third kappa shape index (κ3) is 2.89. The average Bonchev–Trinajstić information content (AvgIpc) is 3.23. The summed E-state index contributed by atoms with van der Waals surface area (Å²) in [6.45, 7) is 4.62. The molecular formula is C17H24N4O4. The highest BCUT2D eigenvalue weighted by molar-refractivity contribution is 5.88. The number of carboxylic acid groups (broad SMARTS) is 1. The minimum absolute atomic E-state index is 0.0611. The number of likely N-dealkylation sites (tertiary alicyclic amines) is 2. The van der Waals surface area contributed by atoms with E-state index in [0.717, 1.165) is 6.42 Å². The highest BCUT2D eigenvalue weighted by Gasteiger charge is 2.46. The van der Waals surface area contributed by atoms with Gasteiger partial charge in [-0.1, -0.05) is 0 Å². The molecule has 3 heterocycles. The van der Waals surface area contributed by atoms with Crippen LogP contribution in [0.1, 0.15) is 38.4 Å². The molecule has 2 aliphatic heterocycles. The molecular weight excluding hydrogens is 324 g/mol. The Morgan fingerprint density at radius 2 is 1.92 bits per heavy atom. The molecule has 2 amide bonds. The van der Waals surface area contributed by atoms with Crippen molar-refractivity contribution in [3.8, 4) is 0 Å². The van der Waals surface area contributed by atoms with Gasteiger partial charge in [0.25, 0.3) is 0 Å². The van der Waals surface area contributed by atoms with Crippen molar-refractivity contribution < 1.29 is 19.5 Å². The first-order valence-corrected chi connectivity index (χ1v) is 8.66. The van der Waals surface area contributed by atoms with Gasteiger partial charge in [-0.05, 0) is 32.6 Å². The summed E-state index contributed by atoms with van der Waals surface area (Å²) in [4.78, 5) is 44.0. The number of aromatic nitrogens is 2. The standard InChI is InChI=1S/C17H24N4O4/c1-12-18-7-11-21(12)17(16(24)25)5-9-19(10-6-17)15(23)14-4-3-8-20(14)13(2)22/h7,11,14H,3-6,8-10H2,1-2H3,(H,24,25)/t14-/m0/s1. The van der Waals surface area contributed by atoms with Gasteiger partial charge in [0.1, 0.15) is 17.4 Å². The van der Waals surface area contributed by atoms with E-state index in [-0.39, 0.29) is 11.8 Å². The Bertz CT molecular complexity index is 691. The van der Waals surface area contributed by atoms with Gasteiger partial charge in [-0.15, -0.1) is 0 Å². The van der Waals surface area contributed by atoms with Gasteiger partial charge >= 0.3 is 5.97 Å². The summed E-state index contributed by atoms with van der Waals surface area (Å²) in [6.07, 6.45) is 5.46. The molecule has 0 aromatic carbocycles. The van der Waals surface area contributed by atoms with Crippen molar-refractivity contribution in [2.45, 2.75) is 51.1 Å². The van der Waals surface area contributed by atoms with Crippen LogP contribution < -0.4 is 0 Å². The first kappa shape index (κ1) is 17.4. The van der Waals surface area contributed by atoms with Crippen LogP contribution in [0.3, 0.4) is 0 Å². The molecule has 2 saturated heterocycles. The van der Waals surface area contributed by atoms with Crippen LogP contribution in [-0.2, 0) is 19.9 Å². The summed E-state index contributed by atoms with van der Waals surface area (Å²) < 4.78 is 1.70. The smallest absolute Gasteiger partial charge is 0.330 e. The first-order valence-electron chi connectivity index (χ1n) is 8.66. The number of carbonyl (C=O) groups excluding carboxylic acids is 2. The average molecular weight is 348 g/mol. The van der Waals surface area contributed by atoms with Crippen LogP contribution in [0.4, 0.5) is 0 Å². The summed E-state index contributed by atoms with van der Waals surface area (Å²) in [6, 6.07) is -0.398. The number of carboxylic acids is 1. The molecule has 25 heavy (non-hydrogen) atoms. The molecule has 0 saturated carbocycles. The fourth-order valence-corrected chi connectivity index (χ4v) is 4.10. The lowest BCUT2D eigenvalue weighted by Crippen LogP contribution is -2.55. The molecule has 3 rings (SSSR count). The Labute approximate surface area is 146 Å². The number of aliphatic carboxylic acids is 1. The first-order chi connectivity index (χ1) is 11.9. The van der Waals surface area contributed by atoms with E-state index in [2.05, 4.69) is 4.98 Å². The second-order valence-corrected chi connectivity index (χ2v) is 6.88. The number of hydrogen-bond acceptors (Lipinski definition) is 4. The third-order valence-electron chi connectivity index (χ3n) is 5.53. The zero-order valence-electron chi connectivity index (χ0n) is 14.6. The zero-order valence-corrected chi connectivity index (χ0v) is 14.6. The van der Waals surface area contributed by atoms with E-state index in [4.69, 9.17) is 0 Å². The molecule has 0 radical (unpaired) electrons.